The number of piperidine rings is 1. The average Bonchev–Trinajstić information content (AvgIpc) is 3.42. The van der Waals surface area contributed by atoms with Gasteiger partial charge < -0.3 is 14.2 Å². The van der Waals surface area contributed by atoms with Gasteiger partial charge in [-0.3, -0.25) is 0 Å². The van der Waals surface area contributed by atoms with Crippen molar-refractivity contribution in [1.82, 2.24) is 19.4 Å². The Morgan fingerprint density at radius 3 is 2.68 bits per heavy atom. The lowest BCUT2D eigenvalue weighted by Crippen LogP contribution is -2.48. The summed E-state index contributed by atoms with van der Waals surface area (Å²) < 4.78 is 24.5. The number of pyridine rings is 1. The molecule has 0 bridgehead atoms. The van der Waals surface area contributed by atoms with Crippen LogP contribution in [0, 0.1) is 24.1 Å². The van der Waals surface area contributed by atoms with Gasteiger partial charge in [0.1, 0.15) is 21.7 Å². The first-order valence-electron chi connectivity index (χ1n) is 14.6. The zero-order chi connectivity index (χ0) is 31.3. The number of nitrogens with zero attached hydrogens (tertiary/aromatic N) is 5. The summed E-state index contributed by atoms with van der Waals surface area (Å²) >= 11 is 8.07. The molecule has 3 heterocycles. The van der Waals surface area contributed by atoms with Crippen LogP contribution in [0.4, 0.5) is 9.18 Å². The molecule has 1 saturated heterocycles. The van der Waals surface area contributed by atoms with Gasteiger partial charge in [0.2, 0.25) is 0 Å². The molecule has 2 aromatic heterocycles. The Morgan fingerprint density at radius 1 is 1.23 bits per heavy atom. The third-order valence-electron chi connectivity index (χ3n) is 8.26. The lowest BCUT2D eigenvalue weighted by atomic mass is 9.92. The minimum atomic E-state index is -0.635. The Kier molecular flexibility index (Phi) is 7.93. The molecule has 0 aliphatic carbocycles. The zero-order valence-electron chi connectivity index (χ0n) is 25.3. The number of nitriles is 1. The van der Waals surface area contributed by atoms with E-state index in [0.717, 1.165) is 27.4 Å². The van der Waals surface area contributed by atoms with Crippen LogP contribution in [0.25, 0.3) is 43.8 Å². The van der Waals surface area contributed by atoms with Crippen molar-refractivity contribution in [3.05, 3.63) is 65.2 Å². The van der Waals surface area contributed by atoms with Crippen LogP contribution in [0.3, 0.4) is 0 Å². The topological polar surface area (TPSA) is 84.0 Å². The van der Waals surface area contributed by atoms with Crippen LogP contribution in [0.2, 0.25) is 5.02 Å². The van der Waals surface area contributed by atoms with Crippen molar-refractivity contribution < 1.29 is 13.9 Å². The fourth-order valence-electron chi connectivity index (χ4n) is 6.39. The molecular formula is C34H33ClFN5O2S. The van der Waals surface area contributed by atoms with Gasteiger partial charge in [-0.25, -0.2) is 19.2 Å². The number of hydrogen-bond acceptors (Lipinski definition) is 6. The second-order valence-electron chi connectivity index (χ2n) is 12.3. The number of hydrogen-bond donors (Lipinski definition) is 0. The number of aryl methyl sites for hydroxylation is 1. The molecule has 0 spiro atoms. The number of rotatable bonds is 4. The number of halogens is 2. The van der Waals surface area contributed by atoms with Crippen molar-refractivity contribution in [2.45, 2.75) is 69.7 Å². The van der Waals surface area contributed by atoms with Crippen molar-refractivity contribution in [3.63, 3.8) is 0 Å². The molecule has 1 unspecified atom stereocenters. The molecule has 0 saturated carbocycles. The standard InChI is InChI=1S/C34H33ClFN5O2S/c1-19-16-24-29(28(36)26(19)23-10-6-8-20-9-7-11-25(35)27(20)23)39-32(44-5)30-31(24)41(18-38-30)22-13-15-40(21(17-22)12-14-37)33(42)43-34(2,3)4/h6-11,16,18,21-22H,12-13,15,17H2,1-5H3/t21-,22?/m1/s1. The van der Waals surface area contributed by atoms with E-state index >= 15 is 4.39 Å². The summed E-state index contributed by atoms with van der Waals surface area (Å²) in [5.41, 5.74) is 3.10. The average molecular weight is 630 g/mol. The molecular weight excluding hydrogens is 597 g/mol. The van der Waals surface area contributed by atoms with E-state index in [9.17, 15) is 10.1 Å². The second-order valence-corrected chi connectivity index (χ2v) is 13.5. The van der Waals surface area contributed by atoms with Gasteiger partial charge in [0, 0.05) is 40.0 Å². The van der Waals surface area contributed by atoms with E-state index in [1.54, 1.807) is 11.2 Å². The van der Waals surface area contributed by atoms with Crippen LogP contribution < -0.4 is 0 Å². The Bertz CT molecular complexity index is 1970. The van der Waals surface area contributed by atoms with Crippen molar-refractivity contribution in [2.75, 3.05) is 12.8 Å². The van der Waals surface area contributed by atoms with E-state index < -0.39 is 17.5 Å². The highest BCUT2D eigenvalue weighted by Gasteiger charge is 2.36. The number of thioether (sulfide) groups is 1. The largest absolute Gasteiger partial charge is 0.444 e. The Labute approximate surface area is 265 Å². The number of imidazole rings is 1. The molecule has 3 aromatic carbocycles. The molecule has 1 fully saturated rings. The number of carbonyl (C=O) groups is 1. The van der Waals surface area contributed by atoms with E-state index in [1.165, 1.54) is 11.8 Å². The molecule has 7 nitrogen and oxygen atoms in total. The molecule has 0 N–H and O–H groups in total. The number of likely N-dealkylation sites (tertiary alicyclic amines) is 1. The van der Waals surface area contributed by atoms with Crippen LogP contribution in [0.1, 0.15) is 51.6 Å². The quantitative estimate of drug-likeness (QED) is 0.184. The highest BCUT2D eigenvalue weighted by Crippen LogP contribution is 2.42. The molecule has 5 aromatic rings. The molecule has 226 valence electrons. The van der Waals surface area contributed by atoms with Crippen molar-refractivity contribution in [3.8, 4) is 17.2 Å². The van der Waals surface area contributed by atoms with Crippen LogP contribution in [0.5, 0.6) is 0 Å². The fourth-order valence-corrected chi connectivity index (χ4v) is 7.20. The van der Waals surface area contributed by atoms with E-state index in [2.05, 4.69) is 10.6 Å². The smallest absolute Gasteiger partial charge is 0.410 e. The van der Waals surface area contributed by atoms with Gasteiger partial charge in [-0.2, -0.15) is 5.26 Å². The van der Waals surface area contributed by atoms with E-state index in [0.29, 0.717) is 45.9 Å². The molecule has 2 atom stereocenters. The second kappa shape index (κ2) is 11.6. The third kappa shape index (κ3) is 5.24. The first kappa shape index (κ1) is 30.2. The maximum atomic E-state index is 16.8. The summed E-state index contributed by atoms with van der Waals surface area (Å²) in [6.07, 6.45) is 4.65. The molecule has 1 amide bonds. The summed E-state index contributed by atoms with van der Waals surface area (Å²) in [5, 5.41) is 13.2. The molecule has 44 heavy (non-hydrogen) atoms. The lowest BCUT2D eigenvalue weighted by molar-refractivity contribution is 0.00618. The van der Waals surface area contributed by atoms with Gasteiger partial charge in [0.15, 0.2) is 5.82 Å². The Hall–Kier alpha value is -3.87. The molecule has 10 heteroatoms. The van der Waals surface area contributed by atoms with Crippen molar-refractivity contribution in [2.24, 2.45) is 0 Å². The van der Waals surface area contributed by atoms with Crippen molar-refractivity contribution >= 4 is 62.2 Å². The van der Waals surface area contributed by atoms with E-state index in [4.69, 9.17) is 26.3 Å². The third-order valence-corrected chi connectivity index (χ3v) is 9.24. The minimum absolute atomic E-state index is 0.0581. The van der Waals surface area contributed by atoms with Crippen LogP contribution >= 0.6 is 23.4 Å². The fraction of sp³-hybridized carbons (Fsp3) is 0.353. The van der Waals surface area contributed by atoms with Crippen LogP contribution in [0.15, 0.2) is 53.8 Å². The number of ether oxygens (including phenoxy) is 1. The van der Waals surface area contributed by atoms with Crippen LogP contribution in [-0.2, 0) is 4.74 Å². The SMILES string of the molecule is CSc1nc2c(F)c(-c3cccc4cccc(Cl)c34)c(C)cc2c2c1ncn2C1CCN(C(=O)OC(C)(C)C)[C@H](CC#N)C1. The van der Waals surface area contributed by atoms with Gasteiger partial charge in [-0.15, -0.1) is 11.8 Å². The normalized spacial score (nSPS) is 17.4. The highest BCUT2D eigenvalue weighted by molar-refractivity contribution is 7.98. The lowest BCUT2D eigenvalue weighted by Gasteiger charge is -2.39. The summed E-state index contributed by atoms with van der Waals surface area (Å²) in [7, 11) is 0. The minimum Gasteiger partial charge on any atom is -0.444 e. The zero-order valence-corrected chi connectivity index (χ0v) is 26.9. The summed E-state index contributed by atoms with van der Waals surface area (Å²) in [5.74, 6) is -0.403. The maximum Gasteiger partial charge on any atom is 0.410 e. The van der Waals surface area contributed by atoms with E-state index in [1.807, 2.05) is 76.4 Å². The van der Waals surface area contributed by atoms with Gasteiger partial charge in [0.05, 0.1) is 24.3 Å². The van der Waals surface area contributed by atoms with Gasteiger partial charge in [-0.1, -0.05) is 41.9 Å². The van der Waals surface area contributed by atoms with Gasteiger partial charge in [0.25, 0.3) is 0 Å². The number of benzene rings is 3. The first-order chi connectivity index (χ1) is 21.0. The Morgan fingerprint density at radius 2 is 1.98 bits per heavy atom. The number of aromatic nitrogens is 3. The first-order valence-corrected chi connectivity index (χ1v) is 16.2. The molecule has 0 radical (unpaired) electrons. The predicted octanol–water partition coefficient (Wildman–Crippen LogP) is 9.08. The number of fused-ring (bicyclic) bond motifs is 4. The molecule has 6 rings (SSSR count). The Balaban J connectivity index is 1.49. The summed E-state index contributed by atoms with van der Waals surface area (Å²) in [6, 6.07) is 15.3. The van der Waals surface area contributed by atoms with Crippen molar-refractivity contribution in [1.29, 1.82) is 5.26 Å². The predicted molar refractivity (Wildman–Crippen MR) is 175 cm³/mol. The summed E-state index contributed by atoms with van der Waals surface area (Å²) in [6.45, 7) is 7.84. The summed E-state index contributed by atoms with van der Waals surface area (Å²) in [4.78, 5) is 24.2. The molecule has 1 aliphatic rings. The number of amides is 1. The maximum absolute atomic E-state index is 16.8. The van der Waals surface area contributed by atoms with Crippen LogP contribution in [-0.4, -0.2) is 50.0 Å². The molecule has 1 aliphatic heterocycles. The number of carbonyl (C=O) groups excluding carboxylic acids is 1. The van der Waals surface area contributed by atoms with E-state index in [-0.39, 0.29) is 24.0 Å². The highest BCUT2D eigenvalue weighted by atomic mass is 35.5. The monoisotopic (exact) mass is 629 g/mol. The van der Waals surface area contributed by atoms with Gasteiger partial charge >= 0.3 is 6.09 Å². The van der Waals surface area contributed by atoms with Gasteiger partial charge in [-0.05, 0) is 75.4 Å².